The number of para-hydroxylation sites is 1. The topological polar surface area (TPSA) is 62.5 Å². The average molecular weight is 288 g/mol. The van der Waals surface area contributed by atoms with Gasteiger partial charge in [0.05, 0.1) is 6.42 Å². The lowest BCUT2D eigenvalue weighted by Gasteiger charge is -2.21. The number of aliphatic carboxylic acids is 1. The fraction of sp³-hybridized carbons (Fsp3) is 0.375. The first-order chi connectivity index (χ1) is 9.90. The van der Waals surface area contributed by atoms with Crippen LogP contribution < -0.4 is 0 Å². The number of fused-ring (bicyclic) bond motifs is 1. The monoisotopic (exact) mass is 288 g/mol. The third-order valence-electron chi connectivity index (χ3n) is 3.69. The van der Waals surface area contributed by atoms with Crippen LogP contribution in [-0.2, 0) is 22.6 Å². The fourth-order valence-electron chi connectivity index (χ4n) is 2.30. The molecular weight excluding hydrogens is 268 g/mol. The molecule has 5 heteroatoms. The van der Waals surface area contributed by atoms with E-state index in [1.54, 1.807) is 18.1 Å². The summed E-state index contributed by atoms with van der Waals surface area (Å²) >= 11 is 0. The van der Waals surface area contributed by atoms with Crippen molar-refractivity contribution in [2.45, 2.75) is 32.9 Å². The molecule has 0 spiro atoms. The Morgan fingerprint density at radius 3 is 2.57 bits per heavy atom. The number of hydrogen-bond acceptors (Lipinski definition) is 2. The molecule has 1 N–H and O–H groups in total. The lowest BCUT2D eigenvalue weighted by molar-refractivity contribution is -0.136. The molecule has 112 valence electrons. The van der Waals surface area contributed by atoms with Crippen LogP contribution in [0.1, 0.15) is 19.4 Å². The molecule has 1 amide bonds. The Bertz CT molecular complexity index is 673. The van der Waals surface area contributed by atoms with Gasteiger partial charge in [0.1, 0.15) is 6.54 Å². The summed E-state index contributed by atoms with van der Waals surface area (Å²) in [5.74, 6) is -0.865. The number of likely N-dealkylation sites (N-methyl/N-ethyl adjacent to an activating group) is 1. The molecule has 0 aliphatic carbocycles. The van der Waals surface area contributed by atoms with Gasteiger partial charge in [0.2, 0.25) is 5.91 Å². The smallest absolute Gasteiger partial charge is 0.307 e. The molecule has 2 aromatic rings. The second-order valence-electron chi connectivity index (χ2n) is 5.47. The number of aromatic nitrogens is 1. The highest BCUT2D eigenvalue weighted by molar-refractivity contribution is 5.89. The van der Waals surface area contributed by atoms with Crippen LogP contribution in [0.15, 0.2) is 30.5 Å². The number of hydrogen-bond donors (Lipinski definition) is 1. The molecule has 1 heterocycles. The molecule has 1 aromatic carbocycles. The summed E-state index contributed by atoms with van der Waals surface area (Å²) in [7, 11) is 1.77. The van der Waals surface area contributed by atoms with Crippen LogP contribution in [0.25, 0.3) is 10.9 Å². The summed E-state index contributed by atoms with van der Waals surface area (Å²) in [4.78, 5) is 24.9. The largest absolute Gasteiger partial charge is 0.481 e. The first kappa shape index (κ1) is 15.1. The molecule has 0 atom stereocenters. The first-order valence-corrected chi connectivity index (χ1v) is 6.94. The van der Waals surface area contributed by atoms with Gasteiger partial charge in [-0.25, -0.2) is 0 Å². The van der Waals surface area contributed by atoms with Gasteiger partial charge in [0, 0.05) is 30.2 Å². The Balaban J connectivity index is 2.36. The molecule has 0 aliphatic rings. The fourth-order valence-corrected chi connectivity index (χ4v) is 2.30. The second-order valence-corrected chi connectivity index (χ2v) is 5.47. The van der Waals surface area contributed by atoms with E-state index in [2.05, 4.69) is 0 Å². The van der Waals surface area contributed by atoms with Gasteiger partial charge in [-0.05, 0) is 25.5 Å². The Hall–Kier alpha value is -2.30. The summed E-state index contributed by atoms with van der Waals surface area (Å²) in [5, 5.41) is 9.88. The Morgan fingerprint density at radius 2 is 1.95 bits per heavy atom. The summed E-state index contributed by atoms with van der Waals surface area (Å²) < 4.78 is 1.83. The Kier molecular flexibility index (Phi) is 4.31. The van der Waals surface area contributed by atoms with E-state index in [9.17, 15) is 9.59 Å². The molecule has 0 saturated heterocycles. The van der Waals surface area contributed by atoms with Crippen molar-refractivity contribution in [3.8, 4) is 0 Å². The molecule has 0 radical (unpaired) electrons. The van der Waals surface area contributed by atoms with Gasteiger partial charge >= 0.3 is 5.97 Å². The van der Waals surface area contributed by atoms with E-state index < -0.39 is 5.97 Å². The van der Waals surface area contributed by atoms with Crippen molar-refractivity contribution in [1.29, 1.82) is 0 Å². The lowest BCUT2D eigenvalue weighted by Crippen LogP contribution is -2.35. The zero-order chi connectivity index (χ0) is 15.6. The predicted octanol–water partition coefficient (Wildman–Crippen LogP) is 2.14. The third-order valence-corrected chi connectivity index (χ3v) is 3.69. The van der Waals surface area contributed by atoms with Gasteiger partial charge < -0.3 is 14.6 Å². The summed E-state index contributed by atoms with van der Waals surface area (Å²) in [6.07, 6.45) is 1.73. The number of amides is 1. The minimum atomic E-state index is -0.872. The lowest BCUT2D eigenvalue weighted by atomic mass is 10.1. The Morgan fingerprint density at radius 1 is 1.29 bits per heavy atom. The van der Waals surface area contributed by atoms with Crippen LogP contribution in [0.3, 0.4) is 0 Å². The van der Waals surface area contributed by atoms with Crippen molar-refractivity contribution in [3.63, 3.8) is 0 Å². The highest BCUT2D eigenvalue weighted by atomic mass is 16.4. The third kappa shape index (κ3) is 3.24. The zero-order valence-corrected chi connectivity index (χ0v) is 12.5. The number of carboxylic acid groups (broad SMARTS) is 1. The number of carboxylic acids is 1. The highest BCUT2D eigenvalue weighted by Gasteiger charge is 2.16. The molecule has 5 nitrogen and oxygen atoms in total. The zero-order valence-electron chi connectivity index (χ0n) is 12.5. The SMILES string of the molecule is CC(C)N(C)C(=O)Cn1cc(CC(=O)O)c2ccccc21. The predicted molar refractivity (Wildman–Crippen MR) is 81.2 cm³/mol. The summed E-state index contributed by atoms with van der Waals surface area (Å²) in [6.45, 7) is 4.14. The van der Waals surface area contributed by atoms with Crippen LogP contribution in [-0.4, -0.2) is 39.5 Å². The molecule has 1 aromatic heterocycles. The number of carbonyl (C=O) groups excluding carboxylic acids is 1. The van der Waals surface area contributed by atoms with Crippen LogP contribution in [0.5, 0.6) is 0 Å². The average Bonchev–Trinajstić information content (AvgIpc) is 2.75. The van der Waals surface area contributed by atoms with Crippen molar-refractivity contribution >= 4 is 22.8 Å². The molecular formula is C16H20N2O3. The van der Waals surface area contributed by atoms with Gasteiger partial charge in [0.25, 0.3) is 0 Å². The van der Waals surface area contributed by atoms with E-state index in [0.29, 0.717) is 0 Å². The van der Waals surface area contributed by atoms with E-state index in [0.717, 1.165) is 16.5 Å². The van der Waals surface area contributed by atoms with Gasteiger partial charge in [-0.2, -0.15) is 0 Å². The second kappa shape index (κ2) is 5.99. The van der Waals surface area contributed by atoms with E-state index in [-0.39, 0.29) is 24.9 Å². The Labute approximate surface area is 123 Å². The van der Waals surface area contributed by atoms with Crippen molar-refractivity contribution in [3.05, 3.63) is 36.0 Å². The summed E-state index contributed by atoms with van der Waals surface area (Å²) in [6, 6.07) is 7.70. The number of carbonyl (C=O) groups is 2. The maximum Gasteiger partial charge on any atom is 0.307 e. The number of benzene rings is 1. The van der Waals surface area contributed by atoms with Crippen molar-refractivity contribution < 1.29 is 14.7 Å². The van der Waals surface area contributed by atoms with Crippen molar-refractivity contribution in [1.82, 2.24) is 9.47 Å². The highest BCUT2D eigenvalue weighted by Crippen LogP contribution is 2.22. The molecule has 0 unspecified atom stereocenters. The van der Waals surface area contributed by atoms with E-state index in [4.69, 9.17) is 5.11 Å². The van der Waals surface area contributed by atoms with E-state index in [1.807, 2.05) is 42.7 Å². The van der Waals surface area contributed by atoms with Crippen molar-refractivity contribution in [2.75, 3.05) is 7.05 Å². The first-order valence-electron chi connectivity index (χ1n) is 6.94. The molecule has 2 rings (SSSR count). The standard InChI is InChI=1S/C16H20N2O3/c1-11(2)17(3)15(19)10-18-9-12(8-16(20)21)13-6-4-5-7-14(13)18/h4-7,9,11H,8,10H2,1-3H3,(H,20,21). The maximum absolute atomic E-state index is 12.2. The summed E-state index contributed by atoms with van der Waals surface area (Å²) in [5.41, 5.74) is 1.62. The van der Waals surface area contributed by atoms with Gasteiger partial charge in [-0.15, -0.1) is 0 Å². The van der Waals surface area contributed by atoms with Gasteiger partial charge in [-0.3, -0.25) is 9.59 Å². The van der Waals surface area contributed by atoms with Crippen molar-refractivity contribution in [2.24, 2.45) is 0 Å². The minimum absolute atomic E-state index is 0.00706. The maximum atomic E-state index is 12.2. The van der Waals surface area contributed by atoms with E-state index >= 15 is 0 Å². The number of nitrogens with zero attached hydrogens (tertiary/aromatic N) is 2. The van der Waals surface area contributed by atoms with Crippen LogP contribution >= 0.6 is 0 Å². The molecule has 21 heavy (non-hydrogen) atoms. The minimum Gasteiger partial charge on any atom is -0.481 e. The normalized spacial score (nSPS) is 11.0. The molecule has 0 aliphatic heterocycles. The molecule has 0 fully saturated rings. The van der Waals surface area contributed by atoms with Crippen LogP contribution in [0.4, 0.5) is 0 Å². The van der Waals surface area contributed by atoms with E-state index in [1.165, 1.54) is 0 Å². The van der Waals surface area contributed by atoms with Gasteiger partial charge in [0.15, 0.2) is 0 Å². The molecule has 0 bridgehead atoms. The number of rotatable bonds is 5. The quantitative estimate of drug-likeness (QED) is 0.916. The van der Waals surface area contributed by atoms with Gasteiger partial charge in [-0.1, -0.05) is 18.2 Å². The molecule has 0 saturated carbocycles. The van der Waals surface area contributed by atoms with Crippen LogP contribution in [0, 0.1) is 0 Å². The van der Waals surface area contributed by atoms with Crippen LogP contribution in [0.2, 0.25) is 0 Å².